The second-order valence-electron chi connectivity index (χ2n) is 4.52. The minimum Gasteiger partial charge on any atom is -0.364 e. The van der Waals surface area contributed by atoms with Crippen LogP contribution in [0.1, 0.15) is 17.0 Å². The molecule has 6 heteroatoms. The fraction of sp³-hybridized carbons (Fsp3) is 0.308. The van der Waals surface area contributed by atoms with Gasteiger partial charge in [-0.1, -0.05) is 5.16 Å². The summed E-state index contributed by atoms with van der Waals surface area (Å²) in [5, 5.41) is 12.6. The molecule has 98 valence electrons. The molecule has 3 aromatic heterocycles. The molecule has 0 amide bonds. The van der Waals surface area contributed by atoms with Gasteiger partial charge in [0, 0.05) is 37.8 Å². The highest BCUT2D eigenvalue weighted by atomic mass is 16.5. The predicted molar refractivity (Wildman–Crippen MR) is 70.3 cm³/mol. The number of aromatic nitrogens is 4. The smallest absolute Gasteiger partial charge is 0.157 e. The SMILES string of the molecule is Cc1nn(C)c2ncc(CNCc3ccon3)cc12. The van der Waals surface area contributed by atoms with E-state index in [1.165, 1.54) is 0 Å². The van der Waals surface area contributed by atoms with E-state index in [1.807, 2.05) is 26.2 Å². The zero-order chi connectivity index (χ0) is 13.2. The third-order valence-corrected chi connectivity index (χ3v) is 3.05. The fourth-order valence-electron chi connectivity index (χ4n) is 2.11. The Kier molecular flexibility index (Phi) is 3.00. The van der Waals surface area contributed by atoms with Crippen molar-refractivity contribution < 1.29 is 4.52 Å². The molecule has 0 atom stereocenters. The van der Waals surface area contributed by atoms with Gasteiger partial charge in [-0.2, -0.15) is 5.10 Å². The van der Waals surface area contributed by atoms with Crippen LogP contribution in [0.25, 0.3) is 11.0 Å². The van der Waals surface area contributed by atoms with Gasteiger partial charge in [-0.05, 0) is 18.6 Å². The van der Waals surface area contributed by atoms with Crippen molar-refractivity contribution in [2.24, 2.45) is 7.05 Å². The molecule has 3 aromatic rings. The number of nitrogens with one attached hydrogen (secondary N) is 1. The summed E-state index contributed by atoms with van der Waals surface area (Å²) in [6.45, 7) is 3.42. The molecule has 3 heterocycles. The van der Waals surface area contributed by atoms with Gasteiger partial charge in [0.1, 0.15) is 6.26 Å². The number of fused-ring (bicyclic) bond motifs is 1. The monoisotopic (exact) mass is 257 g/mol. The molecule has 3 rings (SSSR count). The number of rotatable bonds is 4. The van der Waals surface area contributed by atoms with Gasteiger partial charge in [0.15, 0.2) is 5.65 Å². The van der Waals surface area contributed by atoms with Crippen LogP contribution in [0.4, 0.5) is 0 Å². The topological polar surface area (TPSA) is 68.8 Å². The summed E-state index contributed by atoms with van der Waals surface area (Å²) < 4.78 is 6.58. The molecule has 1 N–H and O–H groups in total. The Hall–Kier alpha value is -2.21. The molecule has 0 bridgehead atoms. The first kappa shape index (κ1) is 11.9. The second kappa shape index (κ2) is 4.81. The van der Waals surface area contributed by atoms with Crippen LogP contribution in [-0.4, -0.2) is 19.9 Å². The highest BCUT2D eigenvalue weighted by Gasteiger charge is 2.06. The summed E-state index contributed by atoms with van der Waals surface area (Å²) in [5.41, 5.74) is 3.94. The number of hydrogen-bond acceptors (Lipinski definition) is 5. The van der Waals surface area contributed by atoms with Gasteiger partial charge in [-0.3, -0.25) is 4.68 Å². The molecule has 0 fully saturated rings. The molecule has 0 unspecified atom stereocenters. The molecule has 6 nitrogen and oxygen atoms in total. The van der Waals surface area contributed by atoms with E-state index in [0.717, 1.165) is 34.5 Å². The highest BCUT2D eigenvalue weighted by Crippen LogP contribution is 2.16. The molecule has 19 heavy (non-hydrogen) atoms. The van der Waals surface area contributed by atoms with Gasteiger partial charge in [-0.15, -0.1) is 0 Å². The second-order valence-corrected chi connectivity index (χ2v) is 4.52. The van der Waals surface area contributed by atoms with E-state index in [0.29, 0.717) is 6.54 Å². The molecule has 0 saturated carbocycles. The Labute approximate surface area is 110 Å². The maximum Gasteiger partial charge on any atom is 0.157 e. The van der Waals surface area contributed by atoms with Gasteiger partial charge < -0.3 is 9.84 Å². The average molecular weight is 257 g/mol. The zero-order valence-corrected chi connectivity index (χ0v) is 10.9. The molecule has 0 radical (unpaired) electrons. The van der Waals surface area contributed by atoms with Gasteiger partial charge in [0.05, 0.1) is 11.4 Å². The minimum atomic E-state index is 0.681. The lowest BCUT2D eigenvalue weighted by molar-refractivity contribution is 0.408. The highest BCUT2D eigenvalue weighted by molar-refractivity contribution is 5.78. The number of nitrogens with zero attached hydrogens (tertiary/aromatic N) is 4. The molecule has 0 aromatic carbocycles. The lowest BCUT2D eigenvalue weighted by Gasteiger charge is -2.03. The van der Waals surface area contributed by atoms with Gasteiger partial charge >= 0.3 is 0 Å². The first-order valence-corrected chi connectivity index (χ1v) is 6.12. The summed E-state index contributed by atoms with van der Waals surface area (Å²) in [7, 11) is 1.91. The Morgan fingerprint density at radius 3 is 3.05 bits per heavy atom. The molecule has 0 spiro atoms. The normalized spacial score (nSPS) is 11.3. The van der Waals surface area contributed by atoms with E-state index in [-0.39, 0.29) is 0 Å². The third kappa shape index (κ3) is 2.34. The number of pyridine rings is 1. The van der Waals surface area contributed by atoms with E-state index in [4.69, 9.17) is 4.52 Å². The van der Waals surface area contributed by atoms with Crippen LogP contribution in [0, 0.1) is 6.92 Å². The van der Waals surface area contributed by atoms with E-state index >= 15 is 0 Å². The summed E-state index contributed by atoms with van der Waals surface area (Å²) in [6.07, 6.45) is 3.45. The largest absolute Gasteiger partial charge is 0.364 e. The Morgan fingerprint density at radius 2 is 2.26 bits per heavy atom. The van der Waals surface area contributed by atoms with Crippen LogP contribution in [0.15, 0.2) is 29.1 Å². The molecule has 0 saturated heterocycles. The first-order chi connectivity index (χ1) is 9.24. The van der Waals surface area contributed by atoms with Crippen molar-refractivity contribution in [3.63, 3.8) is 0 Å². The predicted octanol–water partition coefficient (Wildman–Crippen LogP) is 1.55. The summed E-state index contributed by atoms with van der Waals surface area (Å²) in [5.74, 6) is 0. The van der Waals surface area contributed by atoms with Crippen molar-refractivity contribution in [2.75, 3.05) is 0 Å². The van der Waals surface area contributed by atoms with Crippen molar-refractivity contribution in [3.05, 3.63) is 41.5 Å². The van der Waals surface area contributed by atoms with Crippen molar-refractivity contribution in [1.29, 1.82) is 0 Å². The molecular formula is C13H15N5O. The van der Waals surface area contributed by atoms with Crippen molar-refractivity contribution in [2.45, 2.75) is 20.0 Å². The van der Waals surface area contributed by atoms with Gasteiger partial charge in [-0.25, -0.2) is 4.98 Å². The van der Waals surface area contributed by atoms with Crippen LogP contribution in [0.2, 0.25) is 0 Å². The van der Waals surface area contributed by atoms with Crippen molar-refractivity contribution >= 4 is 11.0 Å². The number of aryl methyl sites for hydroxylation is 2. The quantitative estimate of drug-likeness (QED) is 0.768. The first-order valence-electron chi connectivity index (χ1n) is 6.12. The van der Waals surface area contributed by atoms with Gasteiger partial charge in [0.2, 0.25) is 0 Å². The molecular weight excluding hydrogens is 242 g/mol. The summed E-state index contributed by atoms with van der Waals surface area (Å²) >= 11 is 0. The van der Waals surface area contributed by atoms with Crippen LogP contribution >= 0.6 is 0 Å². The lowest BCUT2D eigenvalue weighted by atomic mass is 10.2. The number of hydrogen-bond donors (Lipinski definition) is 1. The van der Waals surface area contributed by atoms with Crippen LogP contribution in [0.5, 0.6) is 0 Å². The molecule has 0 aliphatic heterocycles. The molecule has 0 aliphatic carbocycles. The van der Waals surface area contributed by atoms with E-state index in [1.54, 1.807) is 10.9 Å². The average Bonchev–Trinajstić information content (AvgIpc) is 3.00. The standard InChI is InChI=1S/C13H15N5O/c1-9-12-5-10(7-15-13(12)18(2)16-9)6-14-8-11-3-4-19-17-11/h3-5,7,14H,6,8H2,1-2H3. The maximum atomic E-state index is 4.78. The Bertz CT molecular complexity index is 686. The lowest BCUT2D eigenvalue weighted by Crippen LogP contribution is -2.13. The fourth-order valence-corrected chi connectivity index (χ4v) is 2.11. The zero-order valence-electron chi connectivity index (χ0n) is 10.9. The van der Waals surface area contributed by atoms with E-state index in [2.05, 4.69) is 26.6 Å². The summed E-state index contributed by atoms with van der Waals surface area (Å²) in [4.78, 5) is 4.44. The van der Waals surface area contributed by atoms with Crippen molar-refractivity contribution in [3.8, 4) is 0 Å². The van der Waals surface area contributed by atoms with Crippen molar-refractivity contribution in [1.82, 2.24) is 25.2 Å². The Morgan fingerprint density at radius 1 is 1.37 bits per heavy atom. The van der Waals surface area contributed by atoms with E-state index < -0.39 is 0 Å². The molecule has 0 aliphatic rings. The van der Waals surface area contributed by atoms with E-state index in [9.17, 15) is 0 Å². The third-order valence-electron chi connectivity index (χ3n) is 3.05. The van der Waals surface area contributed by atoms with Gasteiger partial charge in [0.25, 0.3) is 0 Å². The minimum absolute atomic E-state index is 0.681. The summed E-state index contributed by atoms with van der Waals surface area (Å²) in [6, 6.07) is 3.97. The van der Waals surface area contributed by atoms with Crippen LogP contribution in [0.3, 0.4) is 0 Å². The maximum absolute atomic E-state index is 4.78. The van der Waals surface area contributed by atoms with Crippen LogP contribution in [-0.2, 0) is 20.1 Å². The Balaban J connectivity index is 1.73. The van der Waals surface area contributed by atoms with Crippen LogP contribution < -0.4 is 5.32 Å².